The third-order valence-electron chi connectivity index (χ3n) is 5.11. The Balaban J connectivity index is 1.62. The molecule has 2 N–H and O–H groups in total. The van der Waals surface area contributed by atoms with Gasteiger partial charge in [-0.2, -0.15) is 0 Å². The topological polar surface area (TPSA) is 81.2 Å². The number of fused-ring (bicyclic) bond motifs is 1. The molecule has 4 rings (SSSR count). The molecule has 0 unspecified atom stereocenters. The van der Waals surface area contributed by atoms with Crippen LogP contribution in [-0.2, 0) is 0 Å². The van der Waals surface area contributed by atoms with Crippen LogP contribution in [0.1, 0.15) is 24.2 Å². The van der Waals surface area contributed by atoms with Gasteiger partial charge in [-0.05, 0) is 61.3 Å². The summed E-state index contributed by atoms with van der Waals surface area (Å²) in [7, 11) is 3.18. The molecule has 2 heterocycles. The molecule has 8 heteroatoms. The Morgan fingerprint density at radius 1 is 0.938 bits per heavy atom. The number of hydrogen-bond acceptors (Lipinski definition) is 7. The molecule has 1 atom stereocenters. The van der Waals surface area contributed by atoms with Crippen LogP contribution in [0, 0.1) is 6.92 Å². The lowest BCUT2D eigenvalue weighted by Crippen LogP contribution is -2.09. The van der Waals surface area contributed by atoms with Crippen LogP contribution in [0.5, 0.6) is 11.5 Å². The maximum absolute atomic E-state index is 6.20. The number of nitrogens with zero attached hydrogens (tertiary/aromatic N) is 3. The second kappa shape index (κ2) is 9.28. The van der Waals surface area contributed by atoms with Gasteiger partial charge in [-0.25, -0.2) is 9.97 Å². The van der Waals surface area contributed by atoms with Crippen LogP contribution in [0.4, 0.5) is 17.2 Å². The fraction of sp³-hybridized carbons (Fsp3) is 0.208. The largest absolute Gasteiger partial charge is 0.493 e. The average molecular weight is 450 g/mol. The van der Waals surface area contributed by atoms with Crippen LogP contribution in [0.25, 0.3) is 10.9 Å². The molecule has 32 heavy (non-hydrogen) atoms. The van der Waals surface area contributed by atoms with Crippen molar-refractivity contribution in [3.8, 4) is 11.5 Å². The smallest absolute Gasteiger partial charge is 0.224 e. The molecule has 2 aromatic carbocycles. The van der Waals surface area contributed by atoms with Gasteiger partial charge in [-0.3, -0.25) is 4.98 Å². The van der Waals surface area contributed by atoms with Crippen LogP contribution in [0.15, 0.2) is 54.7 Å². The third-order valence-corrected chi connectivity index (χ3v) is 5.28. The van der Waals surface area contributed by atoms with Crippen LogP contribution in [-0.4, -0.2) is 29.2 Å². The number of pyridine rings is 1. The van der Waals surface area contributed by atoms with Gasteiger partial charge in [0.05, 0.1) is 37.7 Å². The Bertz CT molecular complexity index is 1250. The summed E-state index contributed by atoms with van der Waals surface area (Å²) in [6.07, 6.45) is 1.82. The molecule has 0 bridgehead atoms. The summed E-state index contributed by atoms with van der Waals surface area (Å²) in [5.41, 5.74) is 4.63. The third kappa shape index (κ3) is 4.68. The second-order valence-electron chi connectivity index (χ2n) is 7.37. The average Bonchev–Trinajstić information content (AvgIpc) is 2.79. The molecule has 0 aliphatic heterocycles. The minimum Gasteiger partial charge on any atom is -0.493 e. The number of methoxy groups -OCH3 is 2. The predicted octanol–water partition coefficient (Wildman–Crippen LogP) is 5.92. The summed E-state index contributed by atoms with van der Waals surface area (Å²) in [5, 5.41) is 7.79. The number of aryl methyl sites for hydroxylation is 1. The molecule has 0 radical (unpaired) electrons. The first-order valence-corrected chi connectivity index (χ1v) is 10.5. The first-order chi connectivity index (χ1) is 15.5. The molecule has 0 fully saturated rings. The van der Waals surface area contributed by atoms with Gasteiger partial charge in [0.2, 0.25) is 5.28 Å². The van der Waals surface area contributed by atoms with Gasteiger partial charge in [0.15, 0.2) is 11.5 Å². The molecule has 2 aromatic heterocycles. The predicted molar refractivity (Wildman–Crippen MR) is 128 cm³/mol. The first-order valence-electron chi connectivity index (χ1n) is 10.1. The van der Waals surface area contributed by atoms with Gasteiger partial charge in [-0.1, -0.05) is 12.1 Å². The van der Waals surface area contributed by atoms with Crippen molar-refractivity contribution in [3.63, 3.8) is 0 Å². The van der Waals surface area contributed by atoms with Crippen molar-refractivity contribution in [1.29, 1.82) is 0 Å². The van der Waals surface area contributed by atoms with Gasteiger partial charge in [0.1, 0.15) is 5.82 Å². The quantitative estimate of drug-likeness (QED) is 0.339. The molecule has 0 aliphatic carbocycles. The SMILES string of the molecule is COc1cc2nc(Cl)nc(N[C@H](C)c3cccc(Nc4ccc(C)nc4)c3)c2cc1OC. The van der Waals surface area contributed by atoms with E-state index >= 15 is 0 Å². The Morgan fingerprint density at radius 2 is 1.72 bits per heavy atom. The number of ether oxygens (including phenoxy) is 2. The highest BCUT2D eigenvalue weighted by atomic mass is 35.5. The molecule has 0 spiro atoms. The number of anilines is 3. The maximum Gasteiger partial charge on any atom is 0.224 e. The van der Waals surface area contributed by atoms with Gasteiger partial charge in [0, 0.05) is 22.8 Å². The van der Waals surface area contributed by atoms with Crippen molar-refractivity contribution >= 4 is 39.7 Å². The second-order valence-corrected chi connectivity index (χ2v) is 7.71. The highest BCUT2D eigenvalue weighted by Crippen LogP contribution is 2.35. The van der Waals surface area contributed by atoms with Gasteiger partial charge in [-0.15, -0.1) is 0 Å². The number of aromatic nitrogens is 3. The van der Waals surface area contributed by atoms with E-state index in [1.807, 2.05) is 43.5 Å². The van der Waals surface area contributed by atoms with E-state index < -0.39 is 0 Å². The summed E-state index contributed by atoms with van der Waals surface area (Å²) in [6.45, 7) is 4.03. The van der Waals surface area contributed by atoms with E-state index in [0.29, 0.717) is 22.8 Å². The molecule has 7 nitrogen and oxygen atoms in total. The fourth-order valence-corrected chi connectivity index (χ4v) is 3.60. The van der Waals surface area contributed by atoms with Crippen molar-refractivity contribution in [2.45, 2.75) is 19.9 Å². The summed E-state index contributed by atoms with van der Waals surface area (Å²) in [4.78, 5) is 13.1. The standard InChI is InChI=1S/C24H24ClN5O2/c1-14-8-9-18(13-26-14)28-17-7-5-6-16(10-17)15(2)27-23-19-11-21(31-3)22(32-4)12-20(19)29-24(25)30-23/h5-13,15,28H,1-4H3,(H,27,29,30)/t15-/m1/s1. The number of hydrogen-bond donors (Lipinski definition) is 2. The van der Waals surface area contributed by atoms with E-state index in [0.717, 1.165) is 28.0 Å². The van der Waals surface area contributed by atoms with Gasteiger partial charge in [0.25, 0.3) is 0 Å². The number of halogens is 1. The minimum absolute atomic E-state index is 0.0462. The molecule has 0 saturated carbocycles. The zero-order valence-electron chi connectivity index (χ0n) is 18.3. The molecular formula is C24H24ClN5O2. The van der Waals surface area contributed by atoms with E-state index in [9.17, 15) is 0 Å². The summed E-state index contributed by atoms with van der Waals surface area (Å²) in [6, 6.07) is 15.8. The molecule has 0 aliphatic rings. The van der Waals surface area contributed by atoms with E-state index in [4.69, 9.17) is 21.1 Å². The summed E-state index contributed by atoms with van der Waals surface area (Å²) < 4.78 is 10.8. The first kappa shape index (κ1) is 21.6. The molecule has 0 amide bonds. The van der Waals surface area contributed by atoms with Crippen LogP contribution in [0.3, 0.4) is 0 Å². The minimum atomic E-state index is -0.0462. The van der Waals surface area contributed by atoms with Crippen molar-refractivity contribution < 1.29 is 9.47 Å². The van der Waals surface area contributed by atoms with E-state index in [1.165, 1.54) is 0 Å². The van der Waals surface area contributed by atoms with Gasteiger partial charge >= 0.3 is 0 Å². The molecule has 0 saturated heterocycles. The normalized spacial score (nSPS) is 11.8. The zero-order valence-corrected chi connectivity index (χ0v) is 19.1. The fourth-order valence-electron chi connectivity index (χ4n) is 3.42. The number of nitrogens with one attached hydrogen (secondary N) is 2. The van der Waals surface area contributed by atoms with Crippen LogP contribution >= 0.6 is 11.6 Å². The van der Waals surface area contributed by atoms with E-state index in [1.54, 1.807) is 20.3 Å². The lowest BCUT2D eigenvalue weighted by molar-refractivity contribution is 0.356. The summed E-state index contributed by atoms with van der Waals surface area (Å²) in [5.74, 6) is 1.80. The Kier molecular flexibility index (Phi) is 6.28. The van der Waals surface area contributed by atoms with Crippen molar-refractivity contribution in [2.24, 2.45) is 0 Å². The maximum atomic E-state index is 6.20. The number of rotatable bonds is 7. The monoisotopic (exact) mass is 449 g/mol. The van der Waals surface area contributed by atoms with Crippen molar-refractivity contribution in [3.05, 3.63) is 71.3 Å². The van der Waals surface area contributed by atoms with Crippen LogP contribution in [0.2, 0.25) is 5.28 Å². The van der Waals surface area contributed by atoms with E-state index in [-0.39, 0.29) is 11.3 Å². The Labute approximate surface area is 191 Å². The van der Waals surface area contributed by atoms with E-state index in [2.05, 4.69) is 44.6 Å². The molecule has 4 aromatic rings. The Morgan fingerprint density at radius 3 is 2.44 bits per heavy atom. The lowest BCUT2D eigenvalue weighted by atomic mass is 10.1. The van der Waals surface area contributed by atoms with Gasteiger partial charge < -0.3 is 20.1 Å². The lowest BCUT2D eigenvalue weighted by Gasteiger charge is -2.18. The highest BCUT2D eigenvalue weighted by Gasteiger charge is 2.15. The molecule has 164 valence electrons. The Hall–Kier alpha value is -3.58. The highest BCUT2D eigenvalue weighted by molar-refractivity contribution is 6.28. The zero-order chi connectivity index (χ0) is 22.7. The van der Waals surface area contributed by atoms with Crippen LogP contribution < -0.4 is 20.1 Å². The van der Waals surface area contributed by atoms with Crippen molar-refractivity contribution in [2.75, 3.05) is 24.9 Å². The number of benzene rings is 2. The summed E-state index contributed by atoms with van der Waals surface area (Å²) >= 11 is 6.20. The molecular weight excluding hydrogens is 426 g/mol. The van der Waals surface area contributed by atoms with Crippen molar-refractivity contribution in [1.82, 2.24) is 15.0 Å².